The smallest absolute Gasteiger partial charge is 0.229 e. The fourth-order valence-electron chi connectivity index (χ4n) is 1.30. The van der Waals surface area contributed by atoms with Crippen LogP contribution in [0.4, 0.5) is 0 Å². The zero-order valence-electron chi connectivity index (χ0n) is 7.49. The summed E-state index contributed by atoms with van der Waals surface area (Å²) in [5, 5.41) is 0. The van der Waals surface area contributed by atoms with Crippen molar-refractivity contribution in [2.24, 2.45) is 5.73 Å². The third-order valence-electron chi connectivity index (χ3n) is 1.97. The Morgan fingerprint density at radius 1 is 1.23 bits per heavy atom. The van der Waals surface area contributed by atoms with E-state index in [0.717, 1.165) is 0 Å². The molecule has 0 bridgehead atoms. The molecular weight excluding hydrogens is 192 g/mol. The second-order valence-electron chi connectivity index (χ2n) is 2.93. The minimum atomic E-state index is -0.0419. The van der Waals surface area contributed by atoms with Crippen LogP contribution in [0.2, 0.25) is 0 Å². The van der Waals surface area contributed by atoms with E-state index >= 15 is 0 Å². The number of likely N-dealkylation sites (tertiary alicyclic amines) is 1. The van der Waals surface area contributed by atoms with E-state index in [-0.39, 0.29) is 24.2 Å². The van der Waals surface area contributed by atoms with Gasteiger partial charge < -0.3 is 5.73 Å². The Morgan fingerprint density at radius 2 is 1.77 bits per heavy atom. The number of carbonyl (C=O) groups is 2. The molecule has 4 nitrogen and oxygen atoms in total. The number of carbonyl (C=O) groups excluding carboxylic acids is 2. The zero-order valence-corrected chi connectivity index (χ0v) is 8.31. The Morgan fingerprint density at radius 3 is 2.23 bits per heavy atom. The van der Waals surface area contributed by atoms with Crippen LogP contribution in [-0.2, 0) is 9.59 Å². The quantitative estimate of drug-likeness (QED) is 0.676. The Balaban J connectivity index is 0.00000144. The van der Waals surface area contributed by atoms with Gasteiger partial charge in [-0.15, -0.1) is 12.4 Å². The molecule has 0 aliphatic carbocycles. The van der Waals surface area contributed by atoms with Crippen molar-refractivity contribution >= 4 is 24.2 Å². The first kappa shape index (κ1) is 12.4. The lowest BCUT2D eigenvalue weighted by Crippen LogP contribution is -2.41. The van der Waals surface area contributed by atoms with E-state index in [1.54, 1.807) is 0 Å². The molecule has 0 aromatic carbocycles. The van der Waals surface area contributed by atoms with Crippen molar-refractivity contribution in [1.82, 2.24) is 4.90 Å². The lowest BCUT2D eigenvalue weighted by molar-refractivity contribution is -0.147. The molecule has 0 spiro atoms. The van der Waals surface area contributed by atoms with Crippen molar-refractivity contribution in [2.75, 3.05) is 13.1 Å². The van der Waals surface area contributed by atoms with E-state index in [4.69, 9.17) is 5.73 Å². The Labute approximate surface area is 83.9 Å². The zero-order chi connectivity index (χ0) is 8.97. The van der Waals surface area contributed by atoms with Crippen molar-refractivity contribution in [3.8, 4) is 0 Å². The number of nitrogens with zero attached hydrogens (tertiary/aromatic N) is 1. The second-order valence-corrected chi connectivity index (χ2v) is 2.93. The number of piperidine rings is 1. The summed E-state index contributed by atoms with van der Waals surface area (Å²) in [4.78, 5) is 23.7. The maximum atomic E-state index is 11.2. The molecule has 0 atom stereocenters. The molecule has 0 aromatic rings. The van der Waals surface area contributed by atoms with Crippen LogP contribution in [-0.4, -0.2) is 29.8 Å². The van der Waals surface area contributed by atoms with Crippen LogP contribution in [0.3, 0.4) is 0 Å². The van der Waals surface area contributed by atoms with Gasteiger partial charge in [0.1, 0.15) is 0 Å². The second kappa shape index (κ2) is 5.94. The van der Waals surface area contributed by atoms with Crippen molar-refractivity contribution in [3.63, 3.8) is 0 Å². The van der Waals surface area contributed by atoms with Gasteiger partial charge in [-0.2, -0.15) is 0 Å². The number of hydrogen-bond acceptors (Lipinski definition) is 3. The number of imide groups is 1. The molecule has 0 aromatic heterocycles. The van der Waals surface area contributed by atoms with Crippen molar-refractivity contribution in [1.29, 1.82) is 0 Å². The van der Waals surface area contributed by atoms with Gasteiger partial charge >= 0.3 is 0 Å². The van der Waals surface area contributed by atoms with Gasteiger partial charge in [-0.3, -0.25) is 14.5 Å². The van der Waals surface area contributed by atoms with E-state index in [9.17, 15) is 9.59 Å². The fraction of sp³-hybridized carbons (Fsp3) is 0.750. The fourth-order valence-corrected chi connectivity index (χ4v) is 1.30. The third kappa shape index (κ3) is 3.32. The first-order valence-corrected chi connectivity index (χ1v) is 4.29. The van der Waals surface area contributed by atoms with Crippen molar-refractivity contribution in [2.45, 2.75) is 25.7 Å². The van der Waals surface area contributed by atoms with Crippen molar-refractivity contribution in [3.05, 3.63) is 0 Å². The molecule has 1 aliphatic heterocycles. The van der Waals surface area contributed by atoms with Gasteiger partial charge in [0.25, 0.3) is 0 Å². The number of amides is 2. The molecule has 1 aliphatic rings. The average Bonchev–Trinajstić information content (AvgIpc) is 2.04. The summed E-state index contributed by atoms with van der Waals surface area (Å²) in [7, 11) is 0. The van der Waals surface area contributed by atoms with E-state index in [1.165, 1.54) is 4.90 Å². The van der Waals surface area contributed by atoms with Gasteiger partial charge in [0.05, 0.1) is 0 Å². The SMILES string of the molecule is Cl.NCCCN1C(=O)CCCC1=O. The minimum Gasteiger partial charge on any atom is -0.330 e. The summed E-state index contributed by atoms with van der Waals surface area (Å²) in [5.74, 6) is -0.0839. The number of rotatable bonds is 3. The van der Waals surface area contributed by atoms with Gasteiger partial charge in [0.2, 0.25) is 11.8 Å². The molecule has 76 valence electrons. The average molecular weight is 207 g/mol. The number of nitrogens with two attached hydrogens (primary N) is 1. The minimum absolute atomic E-state index is 0. The molecule has 13 heavy (non-hydrogen) atoms. The predicted molar refractivity (Wildman–Crippen MR) is 51.5 cm³/mol. The first-order valence-electron chi connectivity index (χ1n) is 4.29. The van der Waals surface area contributed by atoms with E-state index in [2.05, 4.69) is 0 Å². The number of halogens is 1. The topological polar surface area (TPSA) is 63.4 Å². The lowest BCUT2D eigenvalue weighted by atomic mass is 10.1. The van der Waals surface area contributed by atoms with E-state index < -0.39 is 0 Å². The summed E-state index contributed by atoms with van der Waals surface area (Å²) < 4.78 is 0. The molecule has 1 rings (SSSR count). The monoisotopic (exact) mass is 206 g/mol. The molecule has 5 heteroatoms. The van der Waals surface area contributed by atoms with Gasteiger partial charge in [-0.05, 0) is 19.4 Å². The highest BCUT2D eigenvalue weighted by Crippen LogP contribution is 2.11. The van der Waals surface area contributed by atoms with E-state index in [1.807, 2.05) is 0 Å². The highest BCUT2D eigenvalue weighted by atomic mass is 35.5. The Hall–Kier alpha value is -0.610. The van der Waals surface area contributed by atoms with E-state index in [0.29, 0.717) is 38.8 Å². The Kier molecular flexibility index (Phi) is 5.66. The van der Waals surface area contributed by atoms with Gasteiger partial charge in [-0.1, -0.05) is 0 Å². The maximum Gasteiger partial charge on any atom is 0.229 e. The summed E-state index contributed by atoms with van der Waals surface area (Å²) in [5.41, 5.74) is 5.29. The molecule has 1 fully saturated rings. The first-order chi connectivity index (χ1) is 5.75. The van der Waals surface area contributed by atoms with Crippen LogP contribution < -0.4 is 5.73 Å². The molecule has 0 saturated carbocycles. The molecule has 1 saturated heterocycles. The van der Waals surface area contributed by atoms with Crippen LogP contribution in [0.15, 0.2) is 0 Å². The highest BCUT2D eigenvalue weighted by molar-refractivity contribution is 5.97. The van der Waals surface area contributed by atoms with Crippen LogP contribution in [0.5, 0.6) is 0 Å². The standard InChI is InChI=1S/C8H14N2O2.ClH/c9-5-2-6-10-7(11)3-1-4-8(10)12;/h1-6,9H2;1H. The predicted octanol–water partition coefficient (Wildman–Crippen LogP) is 0.296. The van der Waals surface area contributed by atoms with Crippen LogP contribution >= 0.6 is 12.4 Å². The molecule has 2 amide bonds. The molecular formula is C8H15ClN2O2. The lowest BCUT2D eigenvalue weighted by Gasteiger charge is -2.24. The normalized spacial score (nSPS) is 17.2. The summed E-state index contributed by atoms with van der Waals surface area (Å²) >= 11 is 0. The summed E-state index contributed by atoms with van der Waals surface area (Å²) in [6.45, 7) is 1.02. The molecule has 0 unspecified atom stereocenters. The van der Waals surface area contributed by atoms with Crippen LogP contribution in [0.25, 0.3) is 0 Å². The Bertz CT molecular complexity index is 181. The molecule has 2 N–H and O–H groups in total. The largest absolute Gasteiger partial charge is 0.330 e. The van der Waals surface area contributed by atoms with Gasteiger partial charge in [0.15, 0.2) is 0 Å². The summed E-state index contributed by atoms with van der Waals surface area (Å²) in [6.07, 6.45) is 2.43. The highest BCUT2D eigenvalue weighted by Gasteiger charge is 2.24. The molecule has 1 heterocycles. The summed E-state index contributed by atoms with van der Waals surface area (Å²) in [6, 6.07) is 0. The van der Waals surface area contributed by atoms with Gasteiger partial charge in [0, 0.05) is 19.4 Å². The van der Waals surface area contributed by atoms with Crippen LogP contribution in [0.1, 0.15) is 25.7 Å². The molecule has 0 radical (unpaired) electrons. The van der Waals surface area contributed by atoms with Gasteiger partial charge in [-0.25, -0.2) is 0 Å². The van der Waals surface area contributed by atoms with Crippen LogP contribution in [0, 0.1) is 0 Å². The number of hydrogen-bond donors (Lipinski definition) is 1. The third-order valence-corrected chi connectivity index (χ3v) is 1.97. The van der Waals surface area contributed by atoms with Crippen molar-refractivity contribution < 1.29 is 9.59 Å². The maximum absolute atomic E-state index is 11.2.